The van der Waals surface area contributed by atoms with Gasteiger partial charge in [0.1, 0.15) is 5.69 Å². The molecule has 128 valence electrons. The van der Waals surface area contributed by atoms with Gasteiger partial charge in [0, 0.05) is 19.3 Å². The Bertz CT molecular complexity index is 927. The number of imidazole rings is 2. The lowest BCUT2D eigenvalue weighted by Crippen LogP contribution is -2.28. The SMILES string of the molecule is O=C(c1nc(-c2cncn2-c2cccc(F)c2F)c[nH]1)N1CCCC1. The zero-order chi connectivity index (χ0) is 17.4. The van der Waals surface area contributed by atoms with E-state index in [1.807, 2.05) is 0 Å². The minimum atomic E-state index is -0.967. The highest BCUT2D eigenvalue weighted by molar-refractivity contribution is 5.91. The molecule has 1 aromatic carbocycles. The number of hydrogen-bond acceptors (Lipinski definition) is 3. The van der Waals surface area contributed by atoms with Gasteiger partial charge in [-0.1, -0.05) is 6.07 Å². The number of aromatic amines is 1. The average Bonchev–Trinajstić information content (AvgIpc) is 3.37. The van der Waals surface area contributed by atoms with Gasteiger partial charge in [0.15, 0.2) is 17.5 Å². The first-order valence-corrected chi connectivity index (χ1v) is 7.97. The molecule has 3 heterocycles. The molecule has 1 saturated heterocycles. The zero-order valence-electron chi connectivity index (χ0n) is 13.2. The van der Waals surface area contributed by atoms with Crippen molar-refractivity contribution in [2.24, 2.45) is 0 Å². The van der Waals surface area contributed by atoms with Gasteiger partial charge in [0.2, 0.25) is 0 Å². The largest absolute Gasteiger partial charge is 0.340 e. The third-order valence-electron chi connectivity index (χ3n) is 4.27. The van der Waals surface area contributed by atoms with Gasteiger partial charge in [-0.25, -0.2) is 18.7 Å². The van der Waals surface area contributed by atoms with Crippen molar-refractivity contribution in [1.82, 2.24) is 24.4 Å². The second kappa shape index (κ2) is 6.12. The first-order chi connectivity index (χ1) is 12.1. The maximum atomic E-state index is 14.1. The summed E-state index contributed by atoms with van der Waals surface area (Å²) in [5.41, 5.74) is 0.924. The summed E-state index contributed by atoms with van der Waals surface area (Å²) in [6.07, 6.45) is 6.42. The molecule has 0 atom stereocenters. The van der Waals surface area contributed by atoms with E-state index in [1.165, 1.54) is 29.2 Å². The van der Waals surface area contributed by atoms with E-state index >= 15 is 0 Å². The highest BCUT2D eigenvalue weighted by atomic mass is 19.2. The number of nitrogens with one attached hydrogen (secondary N) is 1. The van der Waals surface area contributed by atoms with Crippen LogP contribution in [0.3, 0.4) is 0 Å². The lowest BCUT2D eigenvalue weighted by molar-refractivity contribution is 0.0782. The number of hydrogen-bond donors (Lipinski definition) is 1. The summed E-state index contributed by atoms with van der Waals surface area (Å²) in [5, 5.41) is 0. The predicted octanol–water partition coefficient (Wildman–Crippen LogP) is 2.78. The average molecular weight is 343 g/mol. The summed E-state index contributed by atoms with van der Waals surface area (Å²) in [5.74, 6) is -1.84. The summed E-state index contributed by atoms with van der Waals surface area (Å²) in [7, 11) is 0. The molecule has 2 aromatic heterocycles. The number of carbonyl (C=O) groups is 1. The minimum absolute atomic E-state index is 0.0305. The quantitative estimate of drug-likeness (QED) is 0.795. The standard InChI is InChI=1S/C17H15F2N5O/c18-11-4-3-5-13(15(11)19)24-10-20-9-14(24)12-8-21-16(22-12)17(25)23-6-1-2-7-23/h3-5,8-10H,1-2,6-7H2,(H,21,22). The number of H-pyrrole nitrogens is 1. The number of likely N-dealkylation sites (tertiary alicyclic amines) is 1. The highest BCUT2D eigenvalue weighted by Gasteiger charge is 2.23. The van der Waals surface area contributed by atoms with Crippen molar-refractivity contribution in [1.29, 1.82) is 0 Å². The van der Waals surface area contributed by atoms with Crippen LogP contribution in [0.2, 0.25) is 0 Å². The molecule has 0 radical (unpaired) electrons. The molecular weight excluding hydrogens is 328 g/mol. The van der Waals surface area contributed by atoms with Gasteiger partial charge in [-0.15, -0.1) is 0 Å². The predicted molar refractivity (Wildman–Crippen MR) is 86.2 cm³/mol. The Labute approximate surface area is 142 Å². The van der Waals surface area contributed by atoms with E-state index in [0.29, 0.717) is 11.4 Å². The molecule has 3 aromatic rings. The molecule has 25 heavy (non-hydrogen) atoms. The fraction of sp³-hybridized carbons (Fsp3) is 0.235. The number of carbonyl (C=O) groups excluding carboxylic acids is 1. The van der Waals surface area contributed by atoms with Crippen molar-refractivity contribution in [2.75, 3.05) is 13.1 Å². The van der Waals surface area contributed by atoms with Gasteiger partial charge < -0.3 is 9.88 Å². The molecule has 0 aliphatic carbocycles. The maximum absolute atomic E-state index is 14.1. The second-order valence-electron chi connectivity index (χ2n) is 5.86. The number of halogens is 2. The monoisotopic (exact) mass is 343 g/mol. The molecule has 6 nitrogen and oxygen atoms in total. The maximum Gasteiger partial charge on any atom is 0.289 e. The smallest absolute Gasteiger partial charge is 0.289 e. The molecule has 1 amide bonds. The van der Waals surface area contributed by atoms with Crippen LogP contribution < -0.4 is 0 Å². The van der Waals surface area contributed by atoms with Crippen LogP contribution >= 0.6 is 0 Å². The number of rotatable bonds is 3. The Kier molecular flexibility index (Phi) is 3.79. The van der Waals surface area contributed by atoms with Gasteiger partial charge >= 0.3 is 0 Å². The molecule has 0 saturated carbocycles. The number of aromatic nitrogens is 4. The van der Waals surface area contributed by atoms with Crippen molar-refractivity contribution < 1.29 is 13.6 Å². The molecule has 1 aliphatic heterocycles. The summed E-state index contributed by atoms with van der Waals surface area (Å²) in [4.78, 5) is 25.3. The molecule has 0 bridgehead atoms. The summed E-state index contributed by atoms with van der Waals surface area (Å²) >= 11 is 0. The van der Waals surface area contributed by atoms with Gasteiger partial charge in [-0.05, 0) is 25.0 Å². The molecule has 1 N–H and O–H groups in total. The van der Waals surface area contributed by atoms with Crippen LogP contribution in [-0.4, -0.2) is 43.4 Å². The Balaban J connectivity index is 1.69. The van der Waals surface area contributed by atoms with E-state index in [-0.39, 0.29) is 17.4 Å². The van der Waals surface area contributed by atoms with E-state index in [0.717, 1.165) is 32.0 Å². The van der Waals surface area contributed by atoms with Gasteiger partial charge in [-0.3, -0.25) is 9.36 Å². The third kappa shape index (κ3) is 2.69. The van der Waals surface area contributed by atoms with Gasteiger partial charge in [-0.2, -0.15) is 0 Å². The number of benzene rings is 1. The van der Waals surface area contributed by atoms with E-state index in [4.69, 9.17) is 0 Å². The fourth-order valence-electron chi connectivity index (χ4n) is 2.99. The molecule has 0 spiro atoms. The van der Waals surface area contributed by atoms with Crippen LogP contribution in [0.4, 0.5) is 8.78 Å². The van der Waals surface area contributed by atoms with Crippen molar-refractivity contribution in [3.05, 3.63) is 54.4 Å². The van der Waals surface area contributed by atoms with E-state index in [2.05, 4.69) is 15.0 Å². The Morgan fingerprint density at radius 2 is 2.00 bits per heavy atom. The van der Waals surface area contributed by atoms with Crippen LogP contribution in [0.25, 0.3) is 17.1 Å². The van der Waals surface area contributed by atoms with E-state index in [9.17, 15) is 13.6 Å². The van der Waals surface area contributed by atoms with Crippen LogP contribution in [-0.2, 0) is 0 Å². The van der Waals surface area contributed by atoms with Crippen LogP contribution in [0.5, 0.6) is 0 Å². The second-order valence-corrected chi connectivity index (χ2v) is 5.86. The molecule has 1 aliphatic rings. The van der Waals surface area contributed by atoms with Crippen LogP contribution in [0.15, 0.2) is 36.9 Å². The van der Waals surface area contributed by atoms with E-state index in [1.54, 1.807) is 11.1 Å². The first kappa shape index (κ1) is 15.5. The topological polar surface area (TPSA) is 66.8 Å². The Hall–Kier alpha value is -3.03. The highest BCUT2D eigenvalue weighted by Crippen LogP contribution is 2.24. The third-order valence-corrected chi connectivity index (χ3v) is 4.27. The lowest BCUT2D eigenvalue weighted by atomic mass is 10.2. The van der Waals surface area contributed by atoms with Gasteiger partial charge in [0.25, 0.3) is 5.91 Å². The molecule has 4 rings (SSSR count). The molecule has 0 unspecified atom stereocenters. The Morgan fingerprint density at radius 1 is 1.20 bits per heavy atom. The van der Waals surface area contributed by atoms with Crippen molar-refractivity contribution >= 4 is 5.91 Å². The molecular formula is C17H15F2N5O. The van der Waals surface area contributed by atoms with Crippen molar-refractivity contribution in [3.8, 4) is 17.1 Å². The zero-order valence-corrected chi connectivity index (χ0v) is 13.2. The molecule has 1 fully saturated rings. The fourth-order valence-corrected chi connectivity index (χ4v) is 2.99. The van der Waals surface area contributed by atoms with Gasteiger partial charge in [0.05, 0.1) is 23.9 Å². The van der Waals surface area contributed by atoms with Crippen molar-refractivity contribution in [3.63, 3.8) is 0 Å². The normalized spacial score (nSPS) is 14.2. The number of nitrogens with zero attached hydrogens (tertiary/aromatic N) is 4. The first-order valence-electron chi connectivity index (χ1n) is 7.97. The summed E-state index contributed by atoms with van der Waals surface area (Å²) in [6, 6.07) is 3.92. The molecule has 8 heteroatoms. The number of amides is 1. The van der Waals surface area contributed by atoms with E-state index < -0.39 is 11.6 Å². The minimum Gasteiger partial charge on any atom is -0.340 e. The van der Waals surface area contributed by atoms with Crippen LogP contribution in [0.1, 0.15) is 23.5 Å². The Morgan fingerprint density at radius 3 is 2.80 bits per heavy atom. The summed E-state index contributed by atoms with van der Waals surface area (Å²) < 4.78 is 29.0. The van der Waals surface area contributed by atoms with Crippen LogP contribution in [0, 0.1) is 11.6 Å². The van der Waals surface area contributed by atoms with Crippen molar-refractivity contribution in [2.45, 2.75) is 12.8 Å². The lowest BCUT2D eigenvalue weighted by Gasteiger charge is -2.12. The summed E-state index contributed by atoms with van der Waals surface area (Å²) in [6.45, 7) is 1.45.